The van der Waals surface area contributed by atoms with Crippen molar-refractivity contribution in [3.05, 3.63) is 41.5 Å². The number of hydrogen-bond donors (Lipinski definition) is 0. The summed E-state index contributed by atoms with van der Waals surface area (Å²) < 4.78 is 2.00. The second-order valence-electron chi connectivity index (χ2n) is 5.18. The van der Waals surface area contributed by atoms with Crippen LogP contribution in [0, 0.1) is 0 Å². The minimum absolute atomic E-state index is 0.0533. The molecular formula is C15H16ClN3O. The predicted molar refractivity (Wildman–Crippen MR) is 77.5 cm³/mol. The molecule has 1 aromatic carbocycles. The van der Waals surface area contributed by atoms with Crippen LogP contribution < -0.4 is 0 Å². The quantitative estimate of drug-likeness (QED) is 0.639. The highest BCUT2D eigenvalue weighted by Gasteiger charge is 2.27. The first-order valence-electron chi connectivity index (χ1n) is 6.82. The first kappa shape index (κ1) is 13.3. The molecule has 1 heterocycles. The lowest BCUT2D eigenvalue weighted by atomic mass is 9.84. The van der Waals surface area contributed by atoms with Crippen LogP contribution in [0.5, 0.6) is 0 Å². The van der Waals surface area contributed by atoms with Gasteiger partial charge in [0.05, 0.1) is 5.88 Å². The van der Waals surface area contributed by atoms with Gasteiger partial charge in [-0.3, -0.25) is 9.36 Å². The summed E-state index contributed by atoms with van der Waals surface area (Å²) in [6.07, 6.45) is 3.53. The number of halogens is 1. The Labute approximate surface area is 122 Å². The van der Waals surface area contributed by atoms with E-state index in [2.05, 4.69) is 10.2 Å². The number of nitrogens with zero attached hydrogens (tertiary/aromatic N) is 3. The van der Waals surface area contributed by atoms with Crippen LogP contribution in [0.2, 0.25) is 0 Å². The molecule has 1 fully saturated rings. The molecule has 1 saturated carbocycles. The van der Waals surface area contributed by atoms with E-state index in [0.29, 0.717) is 17.4 Å². The molecule has 0 N–H and O–H groups in total. The maximum absolute atomic E-state index is 11.5. The molecule has 104 valence electrons. The van der Waals surface area contributed by atoms with Crippen molar-refractivity contribution >= 4 is 17.4 Å². The molecule has 0 bridgehead atoms. The number of Topliss-reactive ketones (excluding diaryl/α,β-unsaturated/α-hetero) is 1. The number of benzene rings is 1. The summed E-state index contributed by atoms with van der Waals surface area (Å²) in [5.74, 6) is 2.52. The molecule has 1 aliphatic rings. The minimum atomic E-state index is 0.0533. The third-order valence-electron chi connectivity index (χ3n) is 3.86. The van der Waals surface area contributed by atoms with Crippen LogP contribution in [0.15, 0.2) is 24.3 Å². The minimum Gasteiger partial charge on any atom is -0.295 e. The molecule has 1 aliphatic carbocycles. The van der Waals surface area contributed by atoms with E-state index in [-0.39, 0.29) is 5.78 Å². The lowest BCUT2D eigenvalue weighted by Gasteiger charge is -2.25. The SMILES string of the molecule is CC(=O)c1cccc(-n2c(CCl)nnc2C2CCC2)c1. The summed E-state index contributed by atoms with van der Waals surface area (Å²) in [5.41, 5.74) is 1.61. The number of hydrogen-bond acceptors (Lipinski definition) is 3. The second kappa shape index (κ2) is 5.37. The van der Waals surface area contributed by atoms with Gasteiger partial charge in [0.1, 0.15) is 5.82 Å². The third kappa shape index (κ3) is 2.24. The molecule has 0 amide bonds. The molecule has 0 spiro atoms. The number of rotatable bonds is 4. The summed E-state index contributed by atoms with van der Waals surface area (Å²) in [6.45, 7) is 1.57. The number of aromatic nitrogens is 3. The maximum Gasteiger partial charge on any atom is 0.159 e. The number of ketones is 1. The summed E-state index contributed by atoms with van der Waals surface area (Å²) >= 11 is 5.97. The lowest BCUT2D eigenvalue weighted by Crippen LogP contribution is -2.15. The Morgan fingerprint density at radius 1 is 1.40 bits per heavy atom. The van der Waals surface area contributed by atoms with Crippen molar-refractivity contribution in [2.75, 3.05) is 0 Å². The average Bonchev–Trinajstić information content (AvgIpc) is 2.80. The van der Waals surface area contributed by atoms with Gasteiger partial charge in [0.25, 0.3) is 0 Å². The zero-order valence-electron chi connectivity index (χ0n) is 11.3. The Bertz CT molecular complexity index is 646. The summed E-state index contributed by atoms with van der Waals surface area (Å²) in [6, 6.07) is 7.55. The molecule has 0 saturated heterocycles. The molecule has 4 nitrogen and oxygen atoms in total. The van der Waals surface area contributed by atoms with E-state index in [0.717, 1.165) is 30.2 Å². The van der Waals surface area contributed by atoms with E-state index in [1.807, 2.05) is 28.8 Å². The predicted octanol–water partition coefficient (Wildman–Crippen LogP) is 3.48. The standard InChI is InChI=1S/C15H16ClN3O/c1-10(20)12-6-3-7-13(8-12)19-14(9-16)17-18-15(19)11-4-2-5-11/h3,6-8,11H,2,4-5,9H2,1H3. The zero-order valence-corrected chi connectivity index (χ0v) is 12.1. The topological polar surface area (TPSA) is 47.8 Å². The van der Waals surface area contributed by atoms with Gasteiger partial charge in [-0.25, -0.2) is 0 Å². The van der Waals surface area contributed by atoms with Crippen LogP contribution in [0.1, 0.15) is 54.1 Å². The number of alkyl halides is 1. The van der Waals surface area contributed by atoms with Gasteiger partial charge in [0.15, 0.2) is 11.6 Å². The molecule has 0 aliphatic heterocycles. The molecule has 2 aromatic rings. The van der Waals surface area contributed by atoms with Gasteiger partial charge < -0.3 is 0 Å². The Balaban J connectivity index is 2.10. The van der Waals surface area contributed by atoms with Crippen molar-refractivity contribution in [1.82, 2.24) is 14.8 Å². The van der Waals surface area contributed by atoms with E-state index >= 15 is 0 Å². The molecular weight excluding hydrogens is 274 g/mol. The third-order valence-corrected chi connectivity index (χ3v) is 4.09. The fourth-order valence-corrected chi connectivity index (χ4v) is 2.67. The van der Waals surface area contributed by atoms with Gasteiger partial charge in [-0.05, 0) is 31.9 Å². The Morgan fingerprint density at radius 2 is 2.20 bits per heavy atom. The van der Waals surface area contributed by atoms with E-state index < -0.39 is 0 Å². The largest absolute Gasteiger partial charge is 0.295 e. The lowest BCUT2D eigenvalue weighted by molar-refractivity contribution is 0.101. The van der Waals surface area contributed by atoms with E-state index in [1.165, 1.54) is 6.42 Å². The number of carbonyl (C=O) groups is 1. The molecule has 5 heteroatoms. The normalized spacial score (nSPS) is 15.1. The van der Waals surface area contributed by atoms with Gasteiger partial charge >= 0.3 is 0 Å². The fraction of sp³-hybridized carbons (Fsp3) is 0.400. The van der Waals surface area contributed by atoms with Crippen LogP contribution in [-0.4, -0.2) is 20.5 Å². The summed E-state index contributed by atoms with van der Waals surface area (Å²) in [7, 11) is 0. The van der Waals surface area contributed by atoms with Crippen LogP contribution >= 0.6 is 11.6 Å². The highest BCUT2D eigenvalue weighted by molar-refractivity contribution is 6.16. The Kier molecular flexibility index (Phi) is 3.57. The highest BCUT2D eigenvalue weighted by Crippen LogP contribution is 2.36. The second-order valence-corrected chi connectivity index (χ2v) is 5.45. The average molecular weight is 290 g/mol. The van der Waals surface area contributed by atoms with Gasteiger partial charge in [0.2, 0.25) is 0 Å². The van der Waals surface area contributed by atoms with Crippen LogP contribution in [0.4, 0.5) is 0 Å². The van der Waals surface area contributed by atoms with Crippen molar-refractivity contribution in [2.45, 2.75) is 38.0 Å². The summed E-state index contributed by atoms with van der Waals surface area (Å²) in [5, 5.41) is 8.49. The van der Waals surface area contributed by atoms with E-state index in [1.54, 1.807) is 6.92 Å². The monoisotopic (exact) mass is 289 g/mol. The first-order chi connectivity index (χ1) is 9.70. The van der Waals surface area contributed by atoms with Gasteiger partial charge in [-0.1, -0.05) is 18.6 Å². The van der Waals surface area contributed by atoms with Crippen molar-refractivity contribution in [3.8, 4) is 5.69 Å². The zero-order chi connectivity index (χ0) is 14.1. The molecule has 0 unspecified atom stereocenters. The van der Waals surface area contributed by atoms with Gasteiger partial charge in [-0.2, -0.15) is 0 Å². The maximum atomic E-state index is 11.5. The van der Waals surface area contributed by atoms with Crippen LogP contribution in [0.3, 0.4) is 0 Å². The van der Waals surface area contributed by atoms with E-state index in [9.17, 15) is 4.79 Å². The van der Waals surface area contributed by atoms with Crippen molar-refractivity contribution in [1.29, 1.82) is 0 Å². The molecule has 3 rings (SSSR count). The highest BCUT2D eigenvalue weighted by atomic mass is 35.5. The fourth-order valence-electron chi connectivity index (χ4n) is 2.49. The molecule has 20 heavy (non-hydrogen) atoms. The van der Waals surface area contributed by atoms with E-state index in [4.69, 9.17) is 11.6 Å². The van der Waals surface area contributed by atoms with Crippen LogP contribution in [-0.2, 0) is 5.88 Å². The van der Waals surface area contributed by atoms with Crippen molar-refractivity contribution in [2.24, 2.45) is 0 Å². The Hall–Kier alpha value is -1.68. The molecule has 1 aromatic heterocycles. The van der Waals surface area contributed by atoms with Crippen molar-refractivity contribution in [3.63, 3.8) is 0 Å². The molecule has 0 radical (unpaired) electrons. The Morgan fingerprint density at radius 3 is 2.80 bits per heavy atom. The van der Waals surface area contributed by atoms with Gasteiger partial charge in [-0.15, -0.1) is 21.8 Å². The van der Waals surface area contributed by atoms with Crippen LogP contribution in [0.25, 0.3) is 5.69 Å². The smallest absolute Gasteiger partial charge is 0.159 e. The van der Waals surface area contributed by atoms with Crippen molar-refractivity contribution < 1.29 is 4.79 Å². The number of carbonyl (C=O) groups excluding carboxylic acids is 1. The summed E-state index contributed by atoms with van der Waals surface area (Å²) in [4.78, 5) is 11.5. The molecule has 0 atom stereocenters. The van der Waals surface area contributed by atoms with Gasteiger partial charge in [0, 0.05) is 17.2 Å². The first-order valence-corrected chi connectivity index (χ1v) is 7.35.